The van der Waals surface area contributed by atoms with E-state index in [2.05, 4.69) is 35.3 Å². The molecule has 1 aliphatic heterocycles. The maximum atomic E-state index is 12.5. The first-order valence-electron chi connectivity index (χ1n) is 8.90. The van der Waals surface area contributed by atoms with Crippen LogP contribution in [0.1, 0.15) is 34.8 Å². The fraction of sp³-hybridized carbons (Fsp3) is 0.333. The molecule has 1 aliphatic rings. The van der Waals surface area contributed by atoms with Crippen LogP contribution in [0.4, 0.5) is 5.95 Å². The Morgan fingerprint density at radius 2 is 2.04 bits per heavy atom. The second-order valence-corrected chi connectivity index (χ2v) is 6.33. The number of hydrogen-bond donors (Lipinski definition) is 1. The lowest BCUT2D eigenvalue weighted by molar-refractivity contribution is 0.0945. The zero-order valence-corrected chi connectivity index (χ0v) is 15.0. The first-order chi connectivity index (χ1) is 13.2. The fourth-order valence-corrected chi connectivity index (χ4v) is 3.00. The van der Waals surface area contributed by atoms with Crippen LogP contribution < -0.4 is 10.2 Å². The van der Waals surface area contributed by atoms with Crippen molar-refractivity contribution in [3.05, 3.63) is 54.0 Å². The third-order valence-corrected chi connectivity index (χ3v) is 4.32. The van der Waals surface area contributed by atoms with Gasteiger partial charge in [-0.05, 0) is 31.9 Å². The number of rotatable bonds is 5. The minimum Gasteiger partial charge on any atom is -0.345 e. The molecule has 0 radical (unpaired) electrons. The van der Waals surface area contributed by atoms with E-state index in [-0.39, 0.29) is 5.91 Å². The van der Waals surface area contributed by atoms with E-state index >= 15 is 0 Å². The Morgan fingerprint density at radius 1 is 1.19 bits per heavy atom. The monoisotopic (exact) mass is 364 g/mol. The van der Waals surface area contributed by atoms with E-state index in [4.69, 9.17) is 0 Å². The zero-order chi connectivity index (χ0) is 18.6. The molecule has 4 heterocycles. The highest BCUT2D eigenvalue weighted by molar-refractivity contribution is 5.92. The zero-order valence-electron chi connectivity index (χ0n) is 15.0. The van der Waals surface area contributed by atoms with Gasteiger partial charge in [0.25, 0.3) is 5.91 Å². The Bertz CT molecular complexity index is 934. The molecule has 3 aromatic rings. The molecule has 1 N–H and O–H groups in total. The summed E-state index contributed by atoms with van der Waals surface area (Å²) in [5, 5.41) is 7.01. The number of aromatic nitrogens is 6. The molecule has 27 heavy (non-hydrogen) atoms. The Morgan fingerprint density at radius 3 is 2.81 bits per heavy atom. The Labute approximate surface area is 156 Å². The molecule has 9 nitrogen and oxygen atoms in total. The first kappa shape index (κ1) is 17.1. The summed E-state index contributed by atoms with van der Waals surface area (Å²) in [4.78, 5) is 32.1. The smallest absolute Gasteiger partial charge is 0.270 e. The summed E-state index contributed by atoms with van der Waals surface area (Å²) in [6.45, 7) is 4.01. The van der Waals surface area contributed by atoms with Gasteiger partial charge in [0.15, 0.2) is 5.82 Å². The van der Waals surface area contributed by atoms with Crippen LogP contribution in [-0.4, -0.2) is 48.7 Å². The van der Waals surface area contributed by atoms with E-state index in [1.54, 1.807) is 48.4 Å². The second-order valence-electron chi connectivity index (χ2n) is 6.33. The number of amides is 1. The molecule has 3 aromatic heterocycles. The molecule has 1 amide bonds. The van der Waals surface area contributed by atoms with Gasteiger partial charge in [-0.3, -0.25) is 4.79 Å². The van der Waals surface area contributed by atoms with Gasteiger partial charge < -0.3 is 10.2 Å². The average molecular weight is 364 g/mol. The number of carbonyl (C=O) groups is 1. The van der Waals surface area contributed by atoms with Crippen LogP contribution in [0.15, 0.2) is 36.8 Å². The highest BCUT2D eigenvalue weighted by Gasteiger charge is 2.16. The molecule has 0 saturated carbocycles. The number of hydrogen-bond acceptors (Lipinski definition) is 7. The van der Waals surface area contributed by atoms with Crippen molar-refractivity contribution < 1.29 is 4.79 Å². The molecule has 1 fully saturated rings. The third kappa shape index (κ3) is 3.91. The van der Waals surface area contributed by atoms with Gasteiger partial charge in [-0.15, -0.1) is 0 Å². The van der Waals surface area contributed by atoms with Gasteiger partial charge >= 0.3 is 0 Å². The molecule has 0 bridgehead atoms. The largest absolute Gasteiger partial charge is 0.345 e. The van der Waals surface area contributed by atoms with Gasteiger partial charge in [0.05, 0.1) is 12.2 Å². The van der Waals surface area contributed by atoms with Crippen molar-refractivity contribution in [3.63, 3.8) is 0 Å². The second kappa shape index (κ2) is 7.48. The lowest BCUT2D eigenvalue weighted by Gasteiger charge is -2.15. The van der Waals surface area contributed by atoms with Crippen molar-refractivity contribution in [2.24, 2.45) is 0 Å². The molecule has 0 atom stereocenters. The van der Waals surface area contributed by atoms with E-state index < -0.39 is 0 Å². The van der Waals surface area contributed by atoms with E-state index in [1.807, 2.05) is 0 Å². The number of nitrogens with one attached hydrogen (secondary N) is 1. The molecule has 4 rings (SSSR count). The molecule has 0 unspecified atom stereocenters. The lowest BCUT2D eigenvalue weighted by Crippen LogP contribution is -2.26. The summed E-state index contributed by atoms with van der Waals surface area (Å²) in [7, 11) is 0. The molecular weight excluding hydrogens is 344 g/mol. The summed E-state index contributed by atoms with van der Waals surface area (Å²) in [5.41, 5.74) is 1.06. The topological polar surface area (TPSA) is 102 Å². The molecule has 0 aromatic carbocycles. The van der Waals surface area contributed by atoms with Gasteiger partial charge in [0.2, 0.25) is 5.95 Å². The van der Waals surface area contributed by atoms with E-state index in [0.717, 1.165) is 37.6 Å². The number of carbonyl (C=O) groups excluding carboxylic acids is 1. The van der Waals surface area contributed by atoms with E-state index in [0.29, 0.717) is 23.9 Å². The number of aryl methyl sites for hydroxylation is 1. The van der Waals surface area contributed by atoms with Gasteiger partial charge in [0.1, 0.15) is 11.5 Å². The van der Waals surface area contributed by atoms with Crippen molar-refractivity contribution in [2.45, 2.75) is 26.3 Å². The summed E-state index contributed by atoms with van der Waals surface area (Å²) < 4.78 is 1.60. The number of nitrogens with zero attached hydrogens (tertiary/aromatic N) is 7. The van der Waals surface area contributed by atoms with Crippen LogP contribution in [0.3, 0.4) is 0 Å². The SMILES string of the molecule is Cc1nc(C(=O)NCc2ccnc(N3CCCC3)n2)cc(-n2cccn2)n1. The van der Waals surface area contributed by atoms with Crippen molar-refractivity contribution in [1.82, 2.24) is 35.0 Å². The minimum atomic E-state index is -0.282. The van der Waals surface area contributed by atoms with Crippen molar-refractivity contribution in [3.8, 4) is 5.82 Å². The number of anilines is 1. The molecule has 138 valence electrons. The van der Waals surface area contributed by atoms with Gasteiger partial charge in [-0.1, -0.05) is 0 Å². The van der Waals surface area contributed by atoms with Gasteiger partial charge in [0, 0.05) is 37.7 Å². The Balaban J connectivity index is 1.46. The minimum absolute atomic E-state index is 0.282. The molecular formula is C18H20N8O. The summed E-state index contributed by atoms with van der Waals surface area (Å²) in [6.07, 6.45) is 7.48. The fourth-order valence-electron chi connectivity index (χ4n) is 3.00. The van der Waals surface area contributed by atoms with Crippen LogP contribution in [0, 0.1) is 6.92 Å². The average Bonchev–Trinajstić information content (AvgIpc) is 3.39. The normalized spacial score (nSPS) is 13.7. The third-order valence-electron chi connectivity index (χ3n) is 4.32. The standard InChI is InChI=1S/C18H20N8O/c1-13-22-15(11-16(23-13)26-10-4-6-21-26)17(27)20-12-14-5-7-19-18(24-14)25-8-2-3-9-25/h4-7,10-11H,2-3,8-9,12H2,1H3,(H,20,27). The van der Waals surface area contributed by atoms with Crippen molar-refractivity contribution in [2.75, 3.05) is 18.0 Å². The first-order valence-corrected chi connectivity index (χ1v) is 8.90. The van der Waals surface area contributed by atoms with E-state index in [9.17, 15) is 4.79 Å². The lowest BCUT2D eigenvalue weighted by atomic mass is 10.3. The van der Waals surface area contributed by atoms with Crippen molar-refractivity contribution >= 4 is 11.9 Å². The van der Waals surface area contributed by atoms with Crippen LogP contribution in [-0.2, 0) is 6.54 Å². The molecule has 0 spiro atoms. The van der Waals surface area contributed by atoms with Gasteiger partial charge in [-0.25, -0.2) is 24.6 Å². The maximum Gasteiger partial charge on any atom is 0.270 e. The predicted octanol–water partition coefficient (Wildman–Crippen LogP) is 1.29. The molecule has 1 saturated heterocycles. The predicted molar refractivity (Wildman–Crippen MR) is 98.5 cm³/mol. The summed E-state index contributed by atoms with van der Waals surface area (Å²) >= 11 is 0. The van der Waals surface area contributed by atoms with Crippen LogP contribution in [0.5, 0.6) is 0 Å². The van der Waals surface area contributed by atoms with Gasteiger partial charge in [-0.2, -0.15) is 5.10 Å². The maximum absolute atomic E-state index is 12.5. The van der Waals surface area contributed by atoms with Crippen LogP contribution >= 0.6 is 0 Å². The highest BCUT2D eigenvalue weighted by Crippen LogP contribution is 2.15. The van der Waals surface area contributed by atoms with Crippen molar-refractivity contribution in [1.29, 1.82) is 0 Å². The van der Waals surface area contributed by atoms with Crippen LogP contribution in [0.2, 0.25) is 0 Å². The Hall–Kier alpha value is -3.36. The summed E-state index contributed by atoms with van der Waals surface area (Å²) in [6, 6.07) is 5.22. The highest BCUT2D eigenvalue weighted by atomic mass is 16.1. The molecule has 0 aliphatic carbocycles. The van der Waals surface area contributed by atoms with E-state index in [1.165, 1.54) is 0 Å². The Kier molecular flexibility index (Phi) is 4.73. The summed E-state index contributed by atoms with van der Waals surface area (Å²) in [5.74, 6) is 1.50. The quantitative estimate of drug-likeness (QED) is 0.728. The molecule has 9 heteroatoms. The van der Waals surface area contributed by atoms with Crippen LogP contribution in [0.25, 0.3) is 5.82 Å².